The van der Waals surface area contributed by atoms with Crippen molar-refractivity contribution < 1.29 is 10.3 Å². The molecule has 0 aromatic carbocycles. The smallest absolute Gasteiger partial charge is 0.144 e. The van der Waals surface area contributed by atoms with Crippen molar-refractivity contribution in [2.75, 3.05) is 13.1 Å². The third-order valence-corrected chi connectivity index (χ3v) is 2.29. The molecule has 0 rings (SSSR count). The van der Waals surface area contributed by atoms with Gasteiger partial charge in [-0.2, -0.15) is 0 Å². The van der Waals surface area contributed by atoms with Crippen LogP contribution in [0.2, 0.25) is 0 Å². The van der Waals surface area contributed by atoms with E-state index >= 15 is 0 Å². The molecule has 0 heterocycles. The number of hydrogen-bond donors (Lipinski definition) is 4. The van der Waals surface area contributed by atoms with E-state index in [0.29, 0.717) is 13.1 Å². The van der Waals surface area contributed by atoms with Gasteiger partial charge >= 0.3 is 0 Å². The molecule has 5 heteroatoms. The number of aliphatic hydroxyl groups is 1. The van der Waals surface area contributed by atoms with E-state index in [4.69, 9.17) is 10.9 Å². The molecule has 0 atom stereocenters. The van der Waals surface area contributed by atoms with Gasteiger partial charge in [0.25, 0.3) is 0 Å². The molecule has 0 spiro atoms. The highest BCUT2D eigenvalue weighted by molar-refractivity contribution is 5.85. The van der Waals surface area contributed by atoms with Crippen LogP contribution in [0.1, 0.15) is 34.1 Å². The van der Waals surface area contributed by atoms with Crippen LogP contribution in [0.15, 0.2) is 5.16 Å². The van der Waals surface area contributed by atoms with Crippen molar-refractivity contribution in [3.63, 3.8) is 0 Å². The molecule has 0 fully saturated rings. The van der Waals surface area contributed by atoms with Crippen LogP contribution in [0.3, 0.4) is 0 Å². The van der Waals surface area contributed by atoms with Crippen molar-refractivity contribution in [1.29, 1.82) is 0 Å². The van der Waals surface area contributed by atoms with Crippen LogP contribution < -0.4 is 11.1 Å². The fraction of sp³-hybridized carbons (Fsp3) is 0.900. The van der Waals surface area contributed by atoms with Crippen LogP contribution in [-0.4, -0.2) is 34.8 Å². The molecule has 0 unspecified atom stereocenters. The molecule has 0 aliphatic carbocycles. The average molecular weight is 217 g/mol. The second kappa shape index (κ2) is 5.32. The zero-order valence-electron chi connectivity index (χ0n) is 10.0. The van der Waals surface area contributed by atoms with Crippen molar-refractivity contribution in [2.24, 2.45) is 16.3 Å². The highest BCUT2D eigenvalue weighted by Gasteiger charge is 2.23. The summed E-state index contributed by atoms with van der Waals surface area (Å²) in [6.07, 6.45) is 0.749. The average Bonchev–Trinajstić information content (AvgIpc) is 2.09. The molecule has 15 heavy (non-hydrogen) atoms. The van der Waals surface area contributed by atoms with Gasteiger partial charge in [0.15, 0.2) is 0 Å². The summed E-state index contributed by atoms with van der Waals surface area (Å²) in [4.78, 5) is 0. The molecule has 0 aliphatic rings. The van der Waals surface area contributed by atoms with E-state index in [1.54, 1.807) is 13.8 Å². The van der Waals surface area contributed by atoms with Crippen LogP contribution in [0.25, 0.3) is 0 Å². The number of amidine groups is 1. The van der Waals surface area contributed by atoms with Gasteiger partial charge in [-0.3, -0.25) is 0 Å². The van der Waals surface area contributed by atoms with E-state index < -0.39 is 5.60 Å². The first-order valence-electron chi connectivity index (χ1n) is 5.10. The molecule has 0 aromatic heterocycles. The molecule has 5 N–H and O–H groups in total. The molecule has 0 saturated carbocycles. The van der Waals surface area contributed by atoms with Crippen molar-refractivity contribution in [3.8, 4) is 0 Å². The third-order valence-electron chi connectivity index (χ3n) is 2.29. The number of nitrogens with two attached hydrogens (primary N) is 1. The van der Waals surface area contributed by atoms with Crippen LogP contribution in [-0.2, 0) is 0 Å². The van der Waals surface area contributed by atoms with Crippen molar-refractivity contribution in [3.05, 3.63) is 0 Å². The molecule has 90 valence electrons. The second-order valence-electron chi connectivity index (χ2n) is 5.11. The lowest BCUT2D eigenvalue weighted by Gasteiger charge is -2.24. The number of oxime groups is 1. The van der Waals surface area contributed by atoms with Gasteiger partial charge in [-0.1, -0.05) is 19.0 Å². The van der Waals surface area contributed by atoms with E-state index in [2.05, 4.69) is 10.5 Å². The van der Waals surface area contributed by atoms with Gasteiger partial charge < -0.3 is 21.4 Å². The molecule has 5 nitrogen and oxygen atoms in total. The highest BCUT2D eigenvalue weighted by atomic mass is 16.4. The molecule has 0 bridgehead atoms. The Morgan fingerprint density at radius 1 is 1.33 bits per heavy atom. The van der Waals surface area contributed by atoms with Gasteiger partial charge in [0.05, 0.1) is 5.60 Å². The lowest BCUT2D eigenvalue weighted by atomic mass is 9.88. The normalized spacial score (nSPS) is 14.3. The highest BCUT2D eigenvalue weighted by Crippen LogP contribution is 2.19. The van der Waals surface area contributed by atoms with E-state index in [1.807, 2.05) is 13.8 Å². The fourth-order valence-electron chi connectivity index (χ4n) is 1.06. The van der Waals surface area contributed by atoms with Crippen molar-refractivity contribution >= 4 is 5.84 Å². The molecule has 0 aromatic rings. The van der Waals surface area contributed by atoms with Crippen molar-refractivity contribution in [2.45, 2.75) is 39.7 Å². The summed E-state index contributed by atoms with van der Waals surface area (Å²) in [5, 5.41) is 24.1. The predicted octanol–water partition coefficient (Wildman–Crippen LogP) is 0.510. The van der Waals surface area contributed by atoms with Crippen LogP contribution >= 0.6 is 0 Å². The van der Waals surface area contributed by atoms with Gasteiger partial charge in [-0.25, -0.2) is 0 Å². The summed E-state index contributed by atoms with van der Waals surface area (Å²) in [6, 6.07) is 0. The van der Waals surface area contributed by atoms with Crippen LogP contribution in [0.4, 0.5) is 0 Å². The summed E-state index contributed by atoms with van der Waals surface area (Å²) >= 11 is 0. The van der Waals surface area contributed by atoms with Gasteiger partial charge in [0.2, 0.25) is 0 Å². The molecule has 0 saturated heterocycles. The van der Waals surface area contributed by atoms with E-state index in [1.165, 1.54) is 0 Å². The minimum atomic E-state index is -0.708. The Morgan fingerprint density at radius 3 is 2.27 bits per heavy atom. The fourth-order valence-corrected chi connectivity index (χ4v) is 1.06. The molecule has 0 radical (unpaired) electrons. The van der Waals surface area contributed by atoms with Crippen LogP contribution in [0.5, 0.6) is 0 Å². The Balaban J connectivity index is 3.87. The maximum absolute atomic E-state index is 9.45. The minimum Gasteiger partial charge on any atom is -0.409 e. The summed E-state index contributed by atoms with van der Waals surface area (Å²) in [6.45, 7) is 8.55. The molecular weight excluding hydrogens is 194 g/mol. The summed E-state index contributed by atoms with van der Waals surface area (Å²) in [5.41, 5.74) is 4.50. The first kappa shape index (κ1) is 14.2. The van der Waals surface area contributed by atoms with Gasteiger partial charge in [0, 0.05) is 12.0 Å². The molecule has 0 amide bonds. The monoisotopic (exact) mass is 217 g/mol. The lowest BCUT2D eigenvalue weighted by Crippen LogP contribution is -2.39. The van der Waals surface area contributed by atoms with E-state index in [-0.39, 0.29) is 11.3 Å². The largest absolute Gasteiger partial charge is 0.409 e. The second-order valence-corrected chi connectivity index (χ2v) is 5.11. The van der Waals surface area contributed by atoms with Gasteiger partial charge in [0.1, 0.15) is 5.84 Å². The maximum Gasteiger partial charge on any atom is 0.144 e. The predicted molar refractivity (Wildman–Crippen MR) is 61.0 cm³/mol. The topological polar surface area (TPSA) is 90.9 Å². The zero-order valence-corrected chi connectivity index (χ0v) is 10.0. The molecular formula is C10H23N3O2. The van der Waals surface area contributed by atoms with Crippen LogP contribution in [0, 0.1) is 5.41 Å². The first-order chi connectivity index (χ1) is 6.69. The number of rotatable bonds is 6. The standard InChI is InChI=1S/C10H23N3O2/c1-9(2,8(11)13-15)5-6-12-7-10(3,4)14/h12,14-15H,5-7H2,1-4H3,(H2,11,13). The van der Waals surface area contributed by atoms with E-state index in [9.17, 15) is 5.11 Å². The summed E-state index contributed by atoms with van der Waals surface area (Å²) in [5.74, 6) is 0.229. The maximum atomic E-state index is 9.45. The van der Waals surface area contributed by atoms with Gasteiger partial charge in [-0.15, -0.1) is 0 Å². The lowest BCUT2D eigenvalue weighted by molar-refractivity contribution is 0.0794. The quantitative estimate of drug-likeness (QED) is 0.171. The number of nitrogens with one attached hydrogen (secondary N) is 1. The third kappa shape index (κ3) is 6.30. The van der Waals surface area contributed by atoms with E-state index in [0.717, 1.165) is 6.42 Å². The Labute approximate surface area is 91.4 Å². The summed E-state index contributed by atoms with van der Waals surface area (Å²) in [7, 11) is 0. The Bertz CT molecular complexity index is 219. The Morgan fingerprint density at radius 2 is 1.87 bits per heavy atom. The van der Waals surface area contributed by atoms with Crippen molar-refractivity contribution in [1.82, 2.24) is 5.32 Å². The Kier molecular flexibility index (Phi) is 5.03. The van der Waals surface area contributed by atoms with Gasteiger partial charge in [-0.05, 0) is 26.8 Å². The zero-order chi connectivity index (χ0) is 12.1. The Hall–Kier alpha value is -0.810. The minimum absolute atomic E-state index is 0.229. The SMILES string of the molecule is CC(C)(O)CNCCC(C)(C)C(N)=NO. The summed E-state index contributed by atoms with van der Waals surface area (Å²) < 4.78 is 0. The number of nitrogens with zero attached hydrogens (tertiary/aromatic N) is 1. The first-order valence-corrected chi connectivity index (χ1v) is 5.10. The molecule has 0 aliphatic heterocycles. The number of hydrogen-bond acceptors (Lipinski definition) is 4.